The van der Waals surface area contributed by atoms with E-state index in [1.807, 2.05) is 36.4 Å². The number of nitrogens with zero attached hydrogens (tertiary/aromatic N) is 1. The molecule has 2 aromatic heterocycles. The minimum atomic E-state index is -0.0846. The summed E-state index contributed by atoms with van der Waals surface area (Å²) in [5.41, 5.74) is 9.23. The van der Waals surface area contributed by atoms with Crippen molar-refractivity contribution in [1.82, 2.24) is 4.98 Å². The number of hydrogen-bond donors (Lipinski definition) is 1. The van der Waals surface area contributed by atoms with E-state index in [2.05, 4.69) is 0 Å². The van der Waals surface area contributed by atoms with Gasteiger partial charge in [-0.1, -0.05) is 6.07 Å². The van der Waals surface area contributed by atoms with E-state index in [0.717, 1.165) is 28.0 Å². The van der Waals surface area contributed by atoms with E-state index < -0.39 is 0 Å². The second kappa shape index (κ2) is 8.05. The van der Waals surface area contributed by atoms with Gasteiger partial charge in [-0.25, -0.2) is 4.98 Å². The van der Waals surface area contributed by atoms with E-state index in [0.29, 0.717) is 32.6 Å². The van der Waals surface area contributed by atoms with Crippen LogP contribution in [0.25, 0.3) is 21.5 Å². The molecule has 0 atom stereocenters. The molecule has 5 rings (SSSR count). The molecule has 162 valence electrons. The average molecular weight is 449 g/mol. The fourth-order valence-electron chi connectivity index (χ4n) is 3.67. The predicted octanol–water partition coefficient (Wildman–Crippen LogP) is 4.72. The lowest BCUT2D eigenvalue weighted by molar-refractivity contribution is 0.0996. The summed E-state index contributed by atoms with van der Waals surface area (Å²) in [6, 6.07) is 14.9. The normalized spacial score (nSPS) is 12.2. The standard InChI is InChI=1S/C24H20N2O5S/c1-28-15-5-3-14(20(11-15)29-2)9-18(27)23-22(25)16-6-7-17(26-24(16)32-23)13-4-8-19-21(10-13)31-12-30-19/h3-8,10-11H,9,12,25H2,1-2H3. The van der Waals surface area contributed by atoms with Crippen LogP contribution in [0.5, 0.6) is 23.0 Å². The van der Waals surface area contributed by atoms with Gasteiger partial charge in [0, 0.05) is 29.0 Å². The summed E-state index contributed by atoms with van der Waals surface area (Å²) in [5.74, 6) is 2.59. The molecule has 0 spiro atoms. The number of methoxy groups -OCH3 is 2. The van der Waals surface area contributed by atoms with E-state index in [9.17, 15) is 4.79 Å². The number of carbonyl (C=O) groups is 1. The molecular formula is C24H20N2O5S. The van der Waals surface area contributed by atoms with Crippen molar-refractivity contribution in [1.29, 1.82) is 0 Å². The van der Waals surface area contributed by atoms with Gasteiger partial charge in [0.1, 0.15) is 16.3 Å². The number of thiophene rings is 1. The Hall–Kier alpha value is -3.78. The topological polar surface area (TPSA) is 92.9 Å². The smallest absolute Gasteiger partial charge is 0.231 e. The first-order chi connectivity index (χ1) is 15.6. The van der Waals surface area contributed by atoms with Gasteiger partial charge in [-0.3, -0.25) is 4.79 Å². The van der Waals surface area contributed by atoms with Gasteiger partial charge in [-0.15, -0.1) is 11.3 Å². The van der Waals surface area contributed by atoms with Gasteiger partial charge in [-0.2, -0.15) is 0 Å². The molecule has 2 N–H and O–H groups in total. The van der Waals surface area contributed by atoms with Crippen LogP contribution in [0.15, 0.2) is 48.5 Å². The van der Waals surface area contributed by atoms with Gasteiger partial charge >= 0.3 is 0 Å². The maximum absolute atomic E-state index is 13.1. The number of nitrogens with two attached hydrogens (primary N) is 1. The summed E-state index contributed by atoms with van der Waals surface area (Å²) in [7, 11) is 3.15. The molecule has 8 heteroatoms. The van der Waals surface area contributed by atoms with E-state index in [1.165, 1.54) is 11.3 Å². The molecular weight excluding hydrogens is 428 g/mol. The van der Waals surface area contributed by atoms with Crippen molar-refractivity contribution >= 4 is 33.0 Å². The van der Waals surface area contributed by atoms with Crippen molar-refractivity contribution in [2.45, 2.75) is 6.42 Å². The Labute approximate surface area is 188 Å². The summed E-state index contributed by atoms with van der Waals surface area (Å²) in [6.45, 7) is 0.219. The second-order valence-corrected chi connectivity index (χ2v) is 8.24. The van der Waals surface area contributed by atoms with Crippen LogP contribution in [0, 0.1) is 0 Å². The lowest BCUT2D eigenvalue weighted by atomic mass is 10.1. The number of rotatable bonds is 6. The van der Waals surface area contributed by atoms with Crippen molar-refractivity contribution in [3.05, 3.63) is 59.0 Å². The van der Waals surface area contributed by atoms with Gasteiger partial charge in [-0.05, 0) is 36.4 Å². The van der Waals surface area contributed by atoms with Gasteiger partial charge in [0.05, 0.1) is 30.5 Å². The Bertz CT molecular complexity index is 1350. The first kappa shape index (κ1) is 20.1. The van der Waals surface area contributed by atoms with Crippen LogP contribution in [-0.2, 0) is 6.42 Å². The van der Waals surface area contributed by atoms with Crippen molar-refractivity contribution in [3.63, 3.8) is 0 Å². The molecule has 0 saturated heterocycles. The fourth-order valence-corrected chi connectivity index (χ4v) is 4.70. The Morgan fingerprint density at radius 1 is 1.06 bits per heavy atom. The maximum atomic E-state index is 13.1. The minimum absolute atomic E-state index is 0.0846. The summed E-state index contributed by atoms with van der Waals surface area (Å²) in [4.78, 5) is 19.0. The zero-order valence-corrected chi connectivity index (χ0v) is 18.3. The maximum Gasteiger partial charge on any atom is 0.231 e. The number of benzene rings is 2. The van der Waals surface area contributed by atoms with Crippen LogP contribution < -0.4 is 24.7 Å². The highest BCUT2D eigenvalue weighted by Gasteiger charge is 2.20. The number of anilines is 1. The number of Topliss-reactive ketones (excluding diaryl/α,β-unsaturated/α-hetero) is 1. The summed E-state index contributed by atoms with van der Waals surface area (Å²) >= 11 is 1.30. The lowest BCUT2D eigenvalue weighted by Crippen LogP contribution is -2.05. The fraction of sp³-hybridized carbons (Fsp3) is 0.167. The lowest BCUT2D eigenvalue weighted by Gasteiger charge is -2.09. The van der Waals surface area contributed by atoms with Gasteiger partial charge in [0.25, 0.3) is 0 Å². The van der Waals surface area contributed by atoms with Crippen LogP contribution in [0.1, 0.15) is 15.2 Å². The van der Waals surface area contributed by atoms with Gasteiger partial charge < -0.3 is 24.7 Å². The summed E-state index contributed by atoms with van der Waals surface area (Å²) < 4.78 is 21.5. The molecule has 32 heavy (non-hydrogen) atoms. The Kier molecular flexibility index (Phi) is 5.07. The molecule has 3 heterocycles. The van der Waals surface area contributed by atoms with Crippen molar-refractivity contribution in [2.24, 2.45) is 0 Å². The molecule has 0 amide bonds. The monoisotopic (exact) mass is 448 g/mol. The number of ether oxygens (including phenoxy) is 4. The summed E-state index contributed by atoms with van der Waals surface area (Å²) in [5, 5.41) is 0.768. The highest BCUT2D eigenvalue weighted by Crippen LogP contribution is 2.38. The number of aromatic nitrogens is 1. The third kappa shape index (κ3) is 3.48. The number of ketones is 1. The van der Waals surface area contributed by atoms with Gasteiger partial charge in [0.15, 0.2) is 17.3 Å². The number of pyridine rings is 1. The molecule has 0 bridgehead atoms. The zero-order chi connectivity index (χ0) is 22.2. The van der Waals surface area contributed by atoms with E-state index in [-0.39, 0.29) is 19.0 Å². The van der Waals surface area contributed by atoms with Crippen molar-refractivity contribution in [2.75, 3.05) is 26.7 Å². The second-order valence-electron chi connectivity index (χ2n) is 7.24. The van der Waals surface area contributed by atoms with E-state index in [4.69, 9.17) is 29.7 Å². The number of fused-ring (bicyclic) bond motifs is 2. The number of nitrogen functional groups attached to an aromatic ring is 1. The third-order valence-corrected chi connectivity index (χ3v) is 6.52. The van der Waals surface area contributed by atoms with Crippen LogP contribution in [0.3, 0.4) is 0 Å². The van der Waals surface area contributed by atoms with E-state index >= 15 is 0 Å². The highest BCUT2D eigenvalue weighted by atomic mass is 32.1. The number of carbonyl (C=O) groups excluding carboxylic acids is 1. The predicted molar refractivity (Wildman–Crippen MR) is 123 cm³/mol. The van der Waals surface area contributed by atoms with Crippen molar-refractivity contribution < 1.29 is 23.7 Å². The largest absolute Gasteiger partial charge is 0.497 e. The first-order valence-corrected chi connectivity index (χ1v) is 10.7. The molecule has 0 aliphatic carbocycles. The summed E-state index contributed by atoms with van der Waals surface area (Å²) in [6.07, 6.45) is 0.166. The van der Waals surface area contributed by atoms with Crippen LogP contribution in [0.2, 0.25) is 0 Å². The Morgan fingerprint density at radius 3 is 2.72 bits per heavy atom. The van der Waals surface area contributed by atoms with Crippen LogP contribution in [-0.4, -0.2) is 31.8 Å². The van der Waals surface area contributed by atoms with E-state index in [1.54, 1.807) is 26.4 Å². The minimum Gasteiger partial charge on any atom is -0.497 e. The molecule has 1 aliphatic rings. The van der Waals surface area contributed by atoms with Crippen LogP contribution >= 0.6 is 11.3 Å². The van der Waals surface area contributed by atoms with Crippen LogP contribution in [0.4, 0.5) is 5.69 Å². The molecule has 2 aromatic carbocycles. The van der Waals surface area contributed by atoms with Gasteiger partial charge in [0.2, 0.25) is 6.79 Å². The SMILES string of the molecule is COc1ccc(CC(=O)c2sc3nc(-c4ccc5c(c4)OCO5)ccc3c2N)c(OC)c1. The zero-order valence-electron chi connectivity index (χ0n) is 17.5. The molecule has 1 aliphatic heterocycles. The molecule has 0 unspecified atom stereocenters. The molecule has 0 fully saturated rings. The molecule has 0 radical (unpaired) electrons. The quantitative estimate of drug-likeness (QED) is 0.427. The average Bonchev–Trinajstić information content (AvgIpc) is 3.42. The third-order valence-electron chi connectivity index (χ3n) is 5.36. The Balaban J connectivity index is 1.46. The first-order valence-electron chi connectivity index (χ1n) is 9.90. The molecule has 4 aromatic rings. The van der Waals surface area contributed by atoms with Crippen molar-refractivity contribution in [3.8, 4) is 34.3 Å². The molecule has 0 saturated carbocycles. The highest BCUT2D eigenvalue weighted by molar-refractivity contribution is 7.21. The Morgan fingerprint density at radius 2 is 1.91 bits per heavy atom. The number of hydrogen-bond acceptors (Lipinski definition) is 8. The molecule has 7 nitrogen and oxygen atoms in total.